The first-order valence-corrected chi connectivity index (χ1v) is 5.93. The van der Waals surface area contributed by atoms with Gasteiger partial charge in [-0.25, -0.2) is 0 Å². The summed E-state index contributed by atoms with van der Waals surface area (Å²) in [5, 5.41) is 0. The Morgan fingerprint density at radius 2 is 2.06 bits per heavy atom. The number of alkyl halides is 1. The highest BCUT2D eigenvalue weighted by Crippen LogP contribution is 2.25. The first kappa shape index (κ1) is 13.1. The largest absolute Gasteiger partial charge is 0.489 e. The normalized spacial score (nSPS) is 11.2. The molecule has 0 aromatic heterocycles. The van der Waals surface area contributed by atoms with Crippen molar-refractivity contribution < 1.29 is 4.74 Å². The van der Waals surface area contributed by atoms with Gasteiger partial charge in [-0.3, -0.25) is 0 Å². The van der Waals surface area contributed by atoms with Gasteiger partial charge in [0.15, 0.2) is 0 Å². The fourth-order valence-electron chi connectivity index (χ4n) is 1.28. The lowest BCUT2D eigenvalue weighted by molar-refractivity contribution is 0.352. The maximum atomic E-state index is 5.64. The van der Waals surface area contributed by atoms with Crippen LogP contribution in [0.25, 0.3) is 0 Å². The first-order valence-electron chi connectivity index (χ1n) is 5.39. The van der Waals surface area contributed by atoms with Crippen molar-refractivity contribution in [3.8, 4) is 5.75 Å². The molecule has 1 aromatic carbocycles. The number of halogens is 1. The summed E-state index contributed by atoms with van der Waals surface area (Å²) in [6, 6.07) is 8.15. The van der Waals surface area contributed by atoms with Gasteiger partial charge in [0.1, 0.15) is 12.4 Å². The number of ether oxygens (including phenoxy) is 1. The number of rotatable bonds is 4. The van der Waals surface area contributed by atoms with Crippen LogP contribution in [0.15, 0.2) is 36.4 Å². The Balaban J connectivity index is 2.72. The number of hydrogen-bond donors (Lipinski definition) is 0. The van der Waals surface area contributed by atoms with Gasteiger partial charge in [-0.15, -0.1) is 11.6 Å². The summed E-state index contributed by atoms with van der Waals surface area (Å²) in [4.78, 5) is 0. The second-order valence-electron chi connectivity index (χ2n) is 4.95. The van der Waals surface area contributed by atoms with Crippen LogP contribution in [-0.4, -0.2) is 12.5 Å². The summed E-state index contributed by atoms with van der Waals surface area (Å²) < 4.78 is 5.61. The monoisotopic (exact) mass is 238 g/mol. The van der Waals surface area contributed by atoms with Gasteiger partial charge in [0.25, 0.3) is 0 Å². The molecule has 0 aliphatic heterocycles. The second kappa shape index (κ2) is 5.40. The first-order chi connectivity index (χ1) is 7.43. The minimum Gasteiger partial charge on any atom is -0.489 e. The zero-order chi connectivity index (χ0) is 12.2. The molecule has 0 heterocycles. The van der Waals surface area contributed by atoms with E-state index in [1.165, 1.54) is 5.56 Å². The molecule has 1 nitrogen and oxygen atoms in total. The van der Waals surface area contributed by atoms with Crippen molar-refractivity contribution in [3.63, 3.8) is 0 Å². The molecule has 0 aliphatic carbocycles. The van der Waals surface area contributed by atoms with Crippen molar-refractivity contribution >= 4 is 11.6 Å². The van der Waals surface area contributed by atoms with Crippen LogP contribution in [0.3, 0.4) is 0 Å². The van der Waals surface area contributed by atoms with Crippen LogP contribution in [0, 0.1) is 0 Å². The lowest BCUT2D eigenvalue weighted by Crippen LogP contribution is -2.11. The fourth-order valence-corrected chi connectivity index (χ4v) is 1.35. The minimum atomic E-state index is 0.142. The molecule has 0 aliphatic rings. The summed E-state index contributed by atoms with van der Waals surface area (Å²) >= 11 is 5.64. The molecule has 0 bridgehead atoms. The lowest BCUT2D eigenvalue weighted by atomic mass is 9.87. The Morgan fingerprint density at radius 1 is 1.38 bits per heavy atom. The van der Waals surface area contributed by atoms with E-state index in [-0.39, 0.29) is 5.41 Å². The molecule has 0 atom stereocenters. The van der Waals surface area contributed by atoms with Gasteiger partial charge in [0, 0.05) is 5.88 Å². The zero-order valence-corrected chi connectivity index (χ0v) is 11.0. The molecule has 0 radical (unpaired) electrons. The molecule has 0 saturated carbocycles. The quantitative estimate of drug-likeness (QED) is 0.566. The Kier molecular flexibility index (Phi) is 4.43. The molecule has 2 heteroatoms. The van der Waals surface area contributed by atoms with Crippen LogP contribution in [-0.2, 0) is 5.41 Å². The average molecular weight is 239 g/mol. The van der Waals surface area contributed by atoms with E-state index in [9.17, 15) is 0 Å². The molecule has 1 aromatic rings. The molecule has 0 spiro atoms. The molecular weight excluding hydrogens is 220 g/mol. The van der Waals surface area contributed by atoms with Gasteiger partial charge in [-0.1, -0.05) is 39.5 Å². The SMILES string of the molecule is C=C(CCl)COc1cccc(C(C)(C)C)c1. The fraction of sp³-hybridized carbons (Fsp3) is 0.429. The third-order valence-electron chi connectivity index (χ3n) is 2.33. The predicted octanol–water partition coefficient (Wildman–Crippen LogP) is 4.16. The second-order valence-corrected chi connectivity index (χ2v) is 5.22. The Morgan fingerprint density at radius 3 is 2.62 bits per heavy atom. The van der Waals surface area contributed by atoms with Crippen molar-refractivity contribution in [2.75, 3.05) is 12.5 Å². The number of hydrogen-bond acceptors (Lipinski definition) is 1. The molecule has 0 saturated heterocycles. The van der Waals surface area contributed by atoms with Crippen LogP contribution in [0.2, 0.25) is 0 Å². The Labute approximate surface area is 103 Å². The van der Waals surface area contributed by atoms with Crippen molar-refractivity contribution in [3.05, 3.63) is 42.0 Å². The van der Waals surface area contributed by atoms with Gasteiger partial charge in [-0.2, -0.15) is 0 Å². The molecule has 0 fully saturated rings. The molecule has 88 valence electrons. The highest BCUT2D eigenvalue weighted by molar-refractivity contribution is 6.19. The summed E-state index contributed by atoms with van der Waals surface area (Å²) in [6.45, 7) is 10.8. The zero-order valence-electron chi connectivity index (χ0n) is 10.2. The summed E-state index contributed by atoms with van der Waals surface area (Å²) in [5.74, 6) is 1.32. The maximum Gasteiger partial charge on any atom is 0.120 e. The minimum absolute atomic E-state index is 0.142. The van der Waals surface area contributed by atoms with E-state index in [0.29, 0.717) is 12.5 Å². The molecule has 0 amide bonds. The van der Waals surface area contributed by atoms with Gasteiger partial charge < -0.3 is 4.74 Å². The Hall–Kier alpha value is -0.950. The third kappa shape index (κ3) is 3.90. The third-order valence-corrected chi connectivity index (χ3v) is 2.71. The summed E-state index contributed by atoms with van der Waals surface area (Å²) in [6.07, 6.45) is 0. The standard InChI is InChI=1S/C14H19ClO/c1-11(9-15)10-16-13-7-5-6-12(8-13)14(2,3)4/h5-8H,1,9-10H2,2-4H3. The van der Waals surface area contributed by atoms with E-state index in [1.807, 2.05) is 12.1 Å². The summed E-state index contributed by atoms with van der Waals surface area (Å²) in [7, 11) is 0. The Bertz CT molecular complexity index is 363. The van der Waals surface area contributed by atoms with E-state index < -0.39 is 0 Å². The van der Waals surface area contributed by atoms with Crippen LogP contribution in [0.1, 0.15) is 26.3 Å². The average Bonchev–Trinajstić information content (AvgIpc) is 2.25. The van der Waals surface area contributed by atoms with Gasteiger partial charge >= 0.3 is 0 Å². The predicted molar refractivity (Wildman–Crippen MR) is 70.5 cm³/mol. The van der Waals surface area contributed by atoms with Crippen molar-refractivity contribution in [1.82, 2.24) is 0 Å². The molecule has 1 rings (SSSR count). The molecule has 0 unspecified atom stereocenters. The lowest BCUT2D eigenvalue weighted by Gasteiger charge is -2.19. The van der Waals surface area contributed by atoms with Crippen molar-refractivity contribution in [1.29, 1.82) is 0 Å². The topological polar surface area (TPSA) is 9.23 Å². The molecule has 0 N–H and O–H groups in total. The van der Waals surface area contributed by atoms with E-state index in [2.05, 4.69) is 39.5 Å². The van der Waals surface area contributed by atoms with E-state index >= 15 is 0 Å². The van der Waals surface area contributed by atoms with Crippen LogP contribution >= 0.6 is 11.6 Å². The van der Waals surface area contributed by atoms with E-state index in [0.717, 1.165) is 11.3 Å². The summed E-state index contributed by atoms with van der Waals surface area (Å²) in [5.41, 5.74) is 2.30. The van der Waals surface area contributed by atoms with Crippen LogP contribution in [0.5, 0.6) is 5.75 Å². The smallest absolute Gasteiger partial charge is 0.120 e. The molecular formula is C14H19ClO. The van der Waals surface area contributed by atoms with Gasteiger partial charge in [-0.05, 0) is 28.7 Å². The van der Waals surface area contributed by atoms with Crippen LogP contribution < -0.4 is 4.74 Å². The van der Waals surface area contributed by atoms with E-state index in [1.54, 1.807) is 0 Å². The maximum absolute atomic E-state index is 5.64. The van der Waals surface area contributed by atoms with Crippen LogP contribution in [0.4, 0.5) is 0 Å². The molecule has 16 heavy (non-hydrogen) atoms. The van der Waals surface area contributed by atoms with Crippen molar-refractivity contribution in [2.24, 2.45) is 0 Å². The van der Waals surface area contributed by atoms with Crippen molar-refractivity contribution in [2.45, 2.75) is 26.2 Å². The highest BCUT2D eigenvalue weighted by atomic mass is 35.5. The van der Waals surface area contributed by atoms with E-state index in [4.69, 9.17) is 16.3 Å². The van der Waals surface area contributed by atoms with Gasteiger partial charge in [0.2, 0.25) is 0 Å². The highest BCUT2D eigenvalue weighted by Gasteiger charge is 2.13. The van der Waals surface area contributed by atoms with Gasteiger partial charge in [0.05, 0.1) is 0 Å². The number of benzene rings is 1.